The molecule has 4 rings (SSSR count). The van der Waals surface area contributed by atoms with Crippen molar-refractivity contribution in [2.24, 2.45) is 5.41 Å². The molecule has 2 heterocycles. The van der Waals surface area contributed by atoms with Crippen LogP contribution in [-0.2, 0) is 16.0 Å². The van der Waals surface area contributed by atoms with Gasteiger partial charge in [0, 0.05) is 56.6 Å². The predicted molar refractivity (Wildman–Crippen MR) is 111 cm³/mol. The number of hydrogen-bond acceptors (Lipinski definition) is 6. The van der Waals surface area contributed by atoms with E-state index in [1.165, 1.54) is 19.2 Å². The molecule has 30 heavy (non-hydrogen) atoms. The first-order valence-corrected chi connectivity index (χ1v) is 9.68. The summed E-state index contributed by atoms with van der Waals surface area (Å²) in [7, 11) is 1.41. The molecule has 0 aromatic heterocycles. The zero-order valence-corrected chi connectivity index (χ0v) is 16.4. The maximum Gasteiger partial charge on any atom is 0.321 e. The summed E-state index contributed by atoms with van der Waals surface area (Å²) in [5.74, 6) is -1.83. The number of nitro benzene ring substituents is 1. The molecule has 2 N–H and O–H groups in total. The smallest absolute Gasteiger partial charge is 0.321 e. The highest BCUT2D eigenvalue weighted by atomic mass is 16.6. The van der Waals surface area contributed by atoms with Crippen LogP contribution in [0, 0.1) is 15.5 Å². The first-order valence-electron chi connectivity index (χ1n) is 9.68. The van der Waals surface area contributed by atoms with Crippen molar-refractivity contribution in [1.29, 1.82) is 0 Å². The number of piperazine rings is 1. The van der Waals surface area contributed by atoms with Gasteiger partial charge in [0.05, 0.1) is 11.0 Å². The van der Waals surface area contributed by atoms with Gasteiger partial charge in [-0.3, -0.25) is 19.7 Å². The van der Waals surface area contributed by atoms with Crippen molar-refractivity contribution in [1.82, 2.24) is 5.32 Å². The third-order valence-electron chi connectivity index (χ3n) is 6.14. The van der Waals surface area contributed by atoms with Crippen molar-refractivity contribution in [3.05, 3.63) is 64.2 Å². The van der Waals surface area contributed by atoms with Gasteiger partial charge in [0.2, 0.25) is 5.91 Å². The maximum absolute atomic E-state index is 13.0. The molecule has 2 aromatic carbocycles. The lowest BCUT2D eigenvalue weighted by Crippen LogP contribution is -2.69. The quantitative estimate of drug-likeness (QED) is 0.447. The standard InChI is InChI=1S/C21H22N4O5/c1-22-19(26)21(20(27)28)12-14-11-16(25(29)30)7-8-17(14)24-10-9-23(13-18(21)24)15-5-3-2-4-6-15/h2-8,11,18H,9-10,12-13H2,1H3,(H,22,26)(H,27,28)/t18-,21-/m1/s1. The highest BCUT2D eigenvalue weighted by Gasteiger charge is 2.58. The molecule has 0 bridgehead atoms. The van der Waals surface area contributed by atoms with Gasteiger partial charge in [-0.1, -0.05) is 18.2 Å². The van der Waals surface area contributed by atoms with Gasteiger partial charge in [0.1, 0.15) is 0 Å². The fourth-order valence-electron chi connectivity index (χ4n) is 4.66. The number of non-ortho nitro benzene ring substituents is 1. The Labute approximate surface area is 173 Å². The van der Waals surface area contributed by atoms with E-state index in [0.29, 0.717) is 25.2 Å². The molecule has 2 aromatic rings. The number of carbonyl (C=O) groups is 2. The van der Waals surface area contributed by atoms with E-state index in [9.17, 15) is 24.8 Å². The summed E-state index contributed by atoms with van der Waals surface area (Å²) >= 11 is 0. The monoisotopic (exact) mass is 410 g/mol. The van der Waals surface area contributed by atoms with Gasteiger partial charge in [-0.05, 0) is 23.8 Å². The molecule has 9 nitrogen and oxygen atoms in total. The topological polar surface area (TPSA) is 116 Å². The Morgan fingerprint density at radius 1 is 1.20 bits per heavy atom. The molecule has 2 aliphatic heterocycles. The van der Waals surface area contributed by atoms with Crippen LogP contribution in [0.4, 0.5) is 17.1 Å². The van der Waals surface area contributed by atoms with Crippen molar-refractivity contribution >= 4 is 28.9 Å². The number of rotatable bonds is 4. The van der Waals surface area contributed by atoms with Gasteiger partial charge in [0.15, 0.2) is 5.41 Å². The summed E-state index contributed by atoms with van der Waals surface area (Å²) in [5.41, 5.74) is 0.331. The zero-order chi connectivity index (χ0) is 21.5. The number of aliphatic carboxylic acids is 1. The van der Waals surface area contributed by atoms with Gasteiger partial charge in [0.25, 0.3) is 5.69 Å². The molecule has 0 aliphatic carbocycles. The molecule has 2 atom stereocenters. The minimum Gasteiger partial charge on any atom is -0.480 e. The number of nitrogens with one attached hydrogen (secondary N) is 1. The molecule has 0 spiro atoms. The maximum atomic E-state index is 13.0. The molecule has 9 heteroatoms. The van der Waals surface area contributed by atoms with Crippen LogP contribution >= 0.6 is 0 Å². The van der Waals surface area contributed by atoms with Crippen LogP contribution in [0.25, 0.3) is 0 Å². The number of fused-ring (bicyclic) bond motifs is 3. The van der Waals surface area contributed by atoms with Crippen LogP contribution in [0.3, 0.4) is 0 Å². The van der Waals surface area contributed by atoms with Crippen molar-refractivity contribution in [2.75, 3.05) is 36.5 Å². The number of benzene rings is 2. The number of para-hydroxylation sites is 1. The predicted octanol–water partition coefficient (Wildman–Crippen LogP) is 1.66. The SMILES string of the molecule is CNC(=O)[C@@]1(C(=O)O)Cc2cc([N+](=O)[O-])ccc2N2CCN(c3ccccc3)C[C@@H]21. The van der Waals surface area contributed by atoms with E-state index < -0.39 is 28.3 Å². The largest absolute Gasteiger partial charge is 0.480 e. The Morgan fingerprint density at radius 2 is 1.93 bits per heavy atom. The molecular formula is C21H22N4O5. The summed E-state index contributed by atoms with van der Waals surface area (Å²) < 4.78 is 0. The molecule has 1 fully saturated rings. The zero-order valence-electron chi connectivity index (χ0n) is 16.4. The number of anilines is 2. The minimum atomic E-state index is -1.76. The second-order valence-corrected chi connectivity index (χ2v) is 7.59. The second-order valence-electron chi connectivity index (χ2n) is 7.59. The molecule has 1 amide bonds. The van der Waals surface area contributed by atoms with Crippen molar-refractivity contribution < 1.29 is 19.6 Å². The molecular weight excluding hydrogens is 388 g/mol. The highest BCUT2D eigenvalue weighted by Crippen LogP contribution is 2.45. The lowest BCUT2D eigenvalue weighted by molar-refractivity contribution is -0.384. The molecule has 2 aliphatic rings. The summed E-state index contributed by atoms with van der Waals surface area (Å²) in [5, 5.41) is 24.0. The number of amides is 1. The normalized spacial score (nSPS) is 22.6. The van der Waals surface area contributed by atoms with Crippen molar-refractivity contribution in [3.8, 4) is 0 Å². The van der Waals surface area contributed by atoms with Crippen LogP contribution < -0.4 is 15.1 Å². The van der Waals surface area contributed by atoms with E-state index in [4.69, 9.17) is 0 Å². The van der Waals surface area contributed by atoms with Crippen LogP contribution in [0.5, 0.6) is 0 Å². The van der Waals surface area contributed by atoms with E-state index in [0.717, 1.165) is 11.4 Å². The molecule has 1 saturated heterocycles. The molecule has 156 valence electrons. The van der Waals surface area contributed by atoms with Crippen LogP contribution in [-0.4, -0.2) is 54.6 Å². The molecule has 0 unspecified atom stereocenters. The van der Waals surface area contributed by atoms with Crippen LogP contribution in [0.15, 0.2) is 48.5 Å². The van der Waals surface area contributed by atoms with E-state index in [1.807, 2.05) is 35.2 Å². The third-order valence-corrected chi connectivity index (χ3v) is 6.14. The number of carboxylic acid groups (broad SMARTS) is 1. The summed E-state index contributed by atoms with van der Waals surface area (Å²) in [4.78, 5) is 40.3. The van der Waals surface area contributed by atoms with Gasteiger partial charge in [-0.15, -0.1) is 0 Å². The summed E-state index contributed by atoms with van der Waals surface area (Å²) in [6.45, 7) is 1.48. The number of nitrogens with zero attached hydrogens (tertiary/aromatic N) is 3. The number of nitro groups is 1. The van der Waals surface area contributed by atoms with Crippen molar-refractivity contribution in [2.45, 2.75) is 12.5 Å². The average molecular weight is 410 g/mol. The first-order chi connectivity index (χ1) is 14.4. The minimum absolute atomic E-state index is 0.108. The lowest BCUT2D eigenvalue weighted by atomic mass is 9.69. The number of carboxylic acids is 1. The summed E-state index contributed by atoms with van der Waals surface area (Å²) in [6.07, 6.45) is -0.108. The Hall–Kier alpha value is -3.62. The Balaban J connectivity index is 1.83. The van der Waals surface area contributed by atoms with E-state index in [-0.39, 0.29) is 12.1 Å². The van der Waals surface area contributed by atoms with Gasteiger partial charge >= 0.3 is 5.97 Å². The summed E-state index contributed by atoms with van der Waals surface area (Å²) in [6, 6.07) is 13.5. The van der Waals surface area contributed by atoms with Gasteiger partial charge in [-0.2, -0.15) is 0 Å². The van der Waals surface area contributed by atoms with E-state index in [1.54, 1.807) is 6.07 Å². The Morgan fingerprint density at radius 3 is 2.57 bits per heavy atom. The first kappa shape index (κ1) is 19.7. The van der Waals surface area contributed by atoms with E-state index in [2.05, 4.69) is 10.2 Å². The Bertz CT molecular complexity index is 1010. The third kappa shape index (κ3) is 2.94. The number of hydrogen-bond donors (Lipinski definition) is 2. The average Bonchev–Trinajstić information content (AvgIpc) is 2.77. The van der Waals surface area contributed by atoms with E-state index >= 15 is 0 Å². The number of carbonyl (C=O) groups excluding carboxylic acids is 1. The second kappa shape index (κ2) is 7.33. The van der Waals surface area contributed by atoms with Gasteiger partial charge in [-0.25, -0.2) is 0 Å². The van der Waals surface area contributed by atoms with Crippen LogP contribution in [0.1, 0.15) is 5.56 Å². The highest BCUT2D eigenvalue weighted by molar-refractivity contribution is 6.04. The molecule has 0 radical (unpaired) electrons. The molecule has 0 saturated carbocycles. The Kier molecular flexibility index (Phi) is 4.81. The van der Waals surface area contributed by atoms with Gasteiger partial charge < -0.3 is 20.2 Å². The fraction of sp³-hybridized carbons (Fsp3) is 0.333. The fourth-order valence-corrected chi connectivity index (χ4v) is 4.66. The lowest BCUT2D eigenvalue weighted by Gasteiger charge is -2.53. The van der Waals surface area contributed by atoms with Crippen molar-refractivity contribution in [3.63, 3.8) is 0 Å². The van der Waals surface area contributed by atoms with Crippen LogP contribution in [0.2, 0.25) is 0 Å².